The van der Waals surface area contributed by atoms with Gasteiger partial charge in [0, 0.05) is 18.7 Å². The van der Waals surface area contributed by atoms with Crippen LogP contribution in [0.3, 0.4) is 0 Å². The van der Waals surface area contributed by atoms with Crippen LogP contribution in [0, 0.1) is 5.92 Å². The number of nitrogens with zero attached hydrogens (tertiary/aromatic N) is 1. The fourth-order valence-corrected chi connectivity index (χ4v) is 5.29. The molecule has 1 aliphatic rings. The molecule has 156 valence electrons. The van der Waals surface area contributed by atoms with Gasteiger partial charge in [-0.3, -0.25) is 4.79 Å². The Labute approximate surface area is 174 Å². The fourth-order valence-electron chi connectivity index (χ4n) is 3.73. The Morgan fingerprint density at radius 2 is 1.69 bits per heavy atom. The summed E-state index contributed by atoms with van der Waals surface area (Å²) in [5.41, 5.74) is 1.42. The summed E-state index contributed by atoms with van der Waals surface area (Å²) in [5, 5.41) is 3.09. The normalized spacial score (nSPS) is 16.5. The van der Waals surface area contributed by atoms with E-state index >= 15 is 0 Å². The third-order valence-electron chi connectivity index (χ3n) is 5.26. The lowest BCUT2D eigenvalue weighted by atomic mass is 9.96. The van der Waals surface area contributed by atoms with Crippen LogP contribution in [0.4, 0.5) is 0 Å². The van der Waals surface area contributed by atoms with Gasteiger partial charge in [0.25, 0.3) is 5.91 Å². The lowest BCUT2D eigenvalue weighted by Crippen LogP contribution is -2.35. The zero-order valence-electron chi connectivity index (χ0n) is 17.2. The Kier molecular flexibility index (Phi) is 7.09. The highest BCUT2D eigenvalue weighted by Crippen LogP contribution is 2.24. The van der Waals surface area contributed by atoms with Gasteiger partial charge < -0.3 is 5.32 Å². The number of nitrogens with one attached hydrogen (secondary N) is 1. The Hall–Kier alpha value is -2.18. The van der Waals surface area contributed by atoms with E-state index in [0.29, 0.717) is 24.6 Å². The van der Waals surface area contributed by atoms with Crippen LogP contribution in [-0.4, -0.2) is 31.7 Å². The number of rotatable bonds is 7. The molecule has 1 fully saturated rings. The quantitative estimate of drug-likeness (QED) is 0.731. The summed E-state index contributed by atoms with van der Waals surface area (Å²) < 4.78 is 27.4. The van der Waals surface area contributed by atoms with Crippen molar-refractivity contribution < 1.29 is 13.2 Å². The average Bonchev–Trinajstić information content (AvgIpc) is 2.74. The topological polar surface area (TPSA) is 66.5 Å². The summed E-state index contributed by atoms with van der Waals surface area (Å²) in [5.74, 6) is 0.154. The molecular weight excluding hydrogens is 384 g/mol. The molecule has 2 aromatic rings. The first-order valence-electron chi connectivity index (χ1n) is 10.3. The molecule has 1 amide bonds. The van der Waals surface area contributed by atoms with E-state index in [9.17, 15) is 13.2 Å². The van der Waals surface area contributed by atoms with E-state index in [1.165, 1.54) is 10.4 Å². The highest BCUT2D eigenvalue weighted by molar-refractivity contribution is 7.89. The van der Waals surface area contributed by atoms with Crippen LogP contribution in [-0.2, 0) is 10.0 Å². The van der Waals surface area contributed by atoms with Gasteiger partial charge in [-0.2, -0.15) is 4.31 Å². The SMILES string of the molecule is CC(C)C[C@@H](NC(=O)c1cccc(S(=O)(=O)N2CCCCC2)c1)c1ccccc1. The molecule has 0 saturated carbocycles. The average molecular weight is 415 g/mol. The molecule has 5 nitrogen and oxygen atoms in total. The molecule has 1 saturated heterocycles. The molecular formula is C23H30N2O3S. The van der Waals surface area contributed by atoms with Crippen molar-refractivity contribution in [1.29, 1.82) is 0 Å². The first-order chi connectivity index (χ1) is 13.9. The summed E-state index contributed by atoms with van der Waals surface area (Å²) in [6.07, 6.45) is 3.63. The second kappa shape index (κ2) is 9.55. The van der Waals surface area contributed by atoms with Gasteiger partial charge >= 0.3 is 0 Å². The smallest absolute Gasteiger partial charge is 0.251 e. The third kappa shape index (κ3) is 5.46. The summed E-state index contributed by atoms with van der Waals surface area (Å²) >= 11 is 0. The number of benzene rings is 2. The molecule has 0 aliphatic carbocycles. The third-order valence-corrected chi connectivity index (χ3v) is 7.16. The Morgan fingerprint density at radius 3 is 2.34 bits per heavy atom. The van der Waals surface area contributed by atoms with Gasteiger partial charge in [0.15, 0.2) is 0 Å². The van der Waals surface area contributed by atoms with Gasteiger partial charge in [-0.25, -0.2) is 8.42 Å². The Balaban J connectivity index is 1.81. The maximum absolute atomic E-state index is 12.9. The largest absolute Gasteiger partial charge is 0.345 e. The van der Waals surface area contributed by atoms with Gasteiger partial charge in [0.05, 0.1) is 10.9 Å². The fraction of sp³-hybridized carbons (Fsp3) is 0.435. The zero-order chi connectivity index (χ0) is 20.9. The number of hydrogen-bond donors (Lipinski definition) is 1. The van der Waals surface area contributed by atoms with Gasteiger partial charge in [0.2, 0.25) is 10.0 Å². The van der Waals surface area contributed by atoms with Crippen LogP contribution < -0.4 is 5.32 Å². The highest BCUT2D eigenvalue weighted by Gasteiger charge is 2.27. The predicted molar refractivity (Wildman–Crippen MR) is 115 cm³/mol. The highest BCUT2D eigenvalue weighted by atomic mass is 32.2. The molecule has 2 aromatic carbocycles. The second-order valence-corrected chi connectivity index (χ2v) is 10.00. The molecule has 0 spiro atoms. The number of sulfonamides is 1. The van der Waals surface area contributed by atoms with Crippen LogP contribution in [0.25, 0.3) is 0 Å². The predicted octanol–water partition coefficient (Wildman–Crippen LogP) is 4.38. The van der Waals surface area contributed by atoms with Gasteiger partial charge in [-0.15, -0.1) is 0 Å². The van der Waals surface area contributed by atoms with Crippen LogP contribution >= 0.6 is 0 Å². The number of piperidine rings is 1. The van der Waals surface area contributed by atoms with E-state index in [2.05, 4.69) is 19.2 Å². The molecule has 1 aliphatic heterocycles. The first kappa shape index (κ1) is 21.5. The van der Waals surface area contributed by atoms with E-state index in [1.54, 1.807) is 18.2 Å². The second-order valence-electron chi connectivity index (χ2n) is 8.06. The summed E-state index contributed by atoms with van der Waals surface area (Å²) in [7, 11) is -3.56. The lowest BCUT2D eigenvalue weighted by molar-refractivity contribution is 0.0931. The maximum Gasteiger partial charge on any atom is 0.251 e. The van der Waals surface area contributed by atoms with Crippen LogP contribution in [0.5, 0.6) is 0 Å². The number of amides is 1. The maximum atomic E-state index is 12.9. The minimum atomic E-state index is -3.56. The number of carbonyl (C=O) groups is 1. The molecule has 0 aromatic heterocycles. The monoisotopic (exact) mass is 414 g/mol. The number of carbonyl (C=O) groups excluding carboxylic acids is 1. The molecule has 0 radical (unpaired) electrons. The Bertz CT molecular complexity index is 920. The first-order valence-corrected chi connectivity index (χ1v) is 11.8. The minimum Gasteiger partial charge on any atom is -0.345 e. The van der Waals surface area contributed by atoms with Crippen molar-refractivity contribution in [2.75, 3.05) is 13.1 Å². The minimum absolute atomic E-state index is 0.119. The molecule has 0 unspecified atom stereocenters. The van der Waals surface area contributed by atoms with Gasteiger partial charge in [0.1, 0.15) is 0 Å². The van der Waals surface area contributed by atoms with E-state index in [4.69, 9.17) is 0 Å². The van der Waals surface area contributed by atoms with Crippen molar-refractivity contribution >= 4 is 15.9 Å². The standard InChI is InChI=1S/C23H30N2O3S/c1-18(2)16-22(19-10-5-3-6-11-19)24-23(26)20-12-9-13-21(17-20)29(27,28)25-14-7-4-8-15-25/h3,5-6,9-13,17-18,22H,4,7-8,14-16H2,1-2H3,(H,24,26)/t22-/m1/s1. The molecule has 6 heteroatoms. The van der Waals surface area contributed by atoms with Crippen molar-refractivity contribution in [3.05, 3.63) is 65.7 Å². The lowest BCUT2D eigenvalue weighted by Gasteiger charge is -2.26. The molecule has 3 rings (SSSR count). The van der Waals surface area contributed by atoms with Gasteiger partial charge in [-0.05, 0) is 48.9 Å². The molecule has 0 bridgehead atoms. The van der Waals surface area contributed by atoms with E-state index in [0.717, 1.165) is 31.2 Å². The molecule has 1 N–H and O–H groups in total. The molecule has 1 heterocycles. The summed E-state index contributed by atoms with van der Waals surface area (Å²) in [6.45, 7) is 5.33. The van der Waals surface area contributed by atoms with Crippen LogP contribution in [0.15, 0.2) is 59.5 Å². The van der Waals surface area contributed by atoms with Crippen molar-refractivity contribution in [3.63, 3.8) is 0 Å². The van der Waals surface area contributed by atoms with Crippen molar-refractivity contribution in [3.8, 4) is 0 Å². The Morgan fingerprint density at radius 1 is 1.00 bits per heavy atom. The molecule has 1 atom stereocenters. The van der Waals surface area contributed by atoms with Crippen molar-refractivity contribution in [1.82, 2.24) is 9.62 Å². The summed E-state index contributed by atoms with van der Waals surface area (Å²) in [4.78, 5) is 13.1. The van der Waals surface area contributed by atoms with Crippen LogP contribution in [0.2, 0.25) is 0 Å². The van der Waals surface area contributed by atoms with Crippen LogP contribution in [0.1, 0.15) is 61.5 Å². The van der Waals surface area contributed by atoms with E-state index < -0.39 is 10.0 Å². The van der Waals surface area contributed by atoms with E-state index in [-0.39, 0.29) is 16.8 Å². The molecule has 29 heavy (non-hydrogen) atoms. The van der Waals surface area contributed by atoms with Crippen molar-refractivity contribution in [2.45, 2.75) is 50.5 Å². The summed E-state index contributed by atoms with van der Waals surface area (Å²) in [6, 6.07) is 16.1. The zero-order valence-corrected chi connectivity index (χ0v) is 18.0. The van der Waals surface area contributed by atoms with Gasteiger partial charge in [-0.1, -0.05) is 56.7 Å². The van der Waals surface area contributed by atoms with E-state index in [1.807, 2.05) is 30.3 Å². The number of hydrogen-bond acceptors (Lipinski definition) is 3. The van der Waals surface area contributed by atoms with Crippen molar-refractivity contribution in [2.24, 2.45) is 5.92 Å².